The zero-order chi connectivity index (χ0) is 14.8. The first-order valence-electron chi connectivity index (χ1n) is 7.16. The molecule has 0 saturated heterocycles. The lowest BCUT2D eigenvalue weighted by atomic mass is 9.89. The van der Waals surface area contributed by atoms with Crippen molar-refractivity contribution >= 4 is 29.7 Å². The summed E-state index contributed by atoms with van der Waals surface area (Å²) in [5.41, 5.74) is 6.92. The molecular weight excluding hydrogens is 325 g/mol. The van der Waals surface area contributed by atoms with Crippen LogP contribution >= 0.6 is 24.0 Å². The van der Waals surface area contributed by atoms with Crippen molar-refractivity contribution < 1.29 is 9.26 Å². The molecule has 2 N–H and O–H groups in total. The van der Waals surface area contributed by atoms with E-state index in [9.17, 15) is 0 Å². The highest BCUT2D eigenvalue weighted by Gasteiger charge is 2.23. The third kappa shape index (κ3) is 3.31. The number of aromatic nitrogens is 2. The summed E-state index contributed by atoms with van der Waals surface area (Å²) < 4.78 is 10.7. The molecule has 5 nitrogen and oxygen atoms in total. The number of hydrogen-bond donors (Lipinski definition) is 1. The number of hydrogen-bond acceptors (Lipinski definition) is 5. The van der Waals surface area contributed by atoms with Crippen molar-refractivity contribution in [3.8, 4) is 17.2 Å². The van der Waals surface area contributed by atoms with Crippen LogP contribution in [0.25, 0.3) is 11.5 Å². The van der Waals surface area contributed by atoms with Gasteiger partial charge in [0.1, 0.15) is 5.75 Å². The molecule has 7 heteroatoms. The molecule has 3 rings (SSSR count). The topological polar surface area (TPSA) is 74.2 Å². The van der Waals surface area contributed by atoms with Crippen molar-refractivity contribution in [1.29, 1.82) is 0 Å². The molecule has 0 unspecified atom stereocenters. The Labute approximate surface area is 140 Å². The molecule has 1 aromatic carbocycles. The smallest absolute Gasteiger partial charge is 0.261 e. The number of rotatable bonds is 3. The van der Waals surface area contributed by atoms with Crippen LogP contribution in [0.15, 0.2) is 16.7 Å². The Hall–Kier alpha value is -1.46. The van der Waals surface area contributed by atoms with Crippen LogP contribution in [0.4, 0.5) is 5.69 Å². The predicted octanol–water partition coefficient (Wildman–Crippen LogP) is 4.45. The zero-order valence-electron chi connectivity index (χ0n) is 12.3. The number of nitrogens with zero attached hydrogens (tertiary/aromatic N) is 2. The Morgan fingerprint density at radius 1 is 1.27 bits per heavy atom. The normalized spacial score (nSPS) is 15.4. The molecule has 120 valence electrons. The average Bonchev–Trinajstić information content (AvgIpc) is 3.00. The molecule has 0 bridgehead atoms. The second-order valence-electron chi connectivity index (χ2n) is 5.37. The monoisotopic (exact) mass is 343 g/mol. The van der Waals surface area contributed by atoms with Crippen LogP contribution in [-0.2, 0) is 0 Å². The quantitative estimate of drug-likeness (QED) is 0.833. The van der Waals surface area contributed by atoms with Gasteiger partial charge >= 0.3 is 0 Å². The molecule has 1 saturated carbocycles. The molecule has 1 aromatic heterocycles. The van der Waals surface area contributed by atoms with E-state index >= 15 is 0 Å². The van der Waals surface area contributed by atoms with Gasteiger partial charge in [0.15, 0.2) is 5.82 Å². The lowest BCUT2D eigenvalue weighted by Crippen LogP contribution is -2.06. The van der Waals surface area contributed by atoms with Crippen LogP contribution < -0.4 is 10.5 Å². The van der Waals surface area contributed by atoms with E-state index in [0.29, 0.717) is 33.8 Å². The number of ether oxygens (including phenoxy) is 1. The van der Waals surface area contributed by atoms with Crippen LogP contribution in [0.2, 0.25) is 5.02 Å². The van der Waals surface area contributed by atoms with Crippen LogP contribution in [0.3, 0.4) is 0 Å². The van der Waals surface area contributed by atoms with E-state index in [4.69, 9.17) is 26.6 Å². The van der Waals surface area contributed by atoms with Gasteiger partial charge in [-0.15, -0.1) is 12.4 Å². The van der Waals surface area contributed by atoms with Gasteiger partial charge < -0.3 is 15.0 Å². The fourth-order valence-electron chi connectivity index (χ4n) is 2.78. The average molecular weight is 344 g/mol. The van der Waals surface area contributed by atoms with E-state index in [2.05, 4.69) is 10.1 Å². The fraction of sp³-hybridized carbons (Fsp3) is 0.467. The molecule has 0 amide bonds. The van der Waals surface area contributed by atoms with Gasteiger partial charge in [-0.05, 0) is 18.9 Å². The maximum absolute atomic E-state index is 6.08. The molecule has 0 atom stereocenters. The number of halogens is 2. The van der Waals surface area contributed by atoms with E-state index in [1.54, 1.807) is 19.2 Å². The summed E-state index contributed by atoms with van der Waals surface area (Å²) in [6, 6.07) is 3.37. The first-order valence-corrected chi connectivity index (χ1v) is 7.54. The Balaban J connectivity index is 0.00000176. The maximum Gasteiger partial charge on any atom is 0.261 e. The largest absolute Gasteiger partial charge is 0.496 e. The van der Waals surface area contributed by atoms with Gasteiger partial charge in [0, 0.05) is 12.0 Å². The molecule has 0 radical (unpaired) electrons. The van der Waals surface area contributed by atoms with Gasteiger partial charge in [-0.1, -0.05) is 36.0 Å². The highest BCUT2D eigenvalue weighted by molar-refractivity contribution is 6.33. The van der Waals surface area contributed by atoms with Gasteiger partial charge in [0.05, 0.1) is 23.4 Å². The summed E-state index contributed by atoms with van der Waals surface area (Å²) in [5.74, 6) is 2.18. The summed E-state index contributed by atoms with van der Waals surface area (Å²) in [6.45, 7) is 0. The Morgan fingerprint density at radius 3 is 2.68 bits per heavy atom. The number of benzene rings is 1. The summed E-state index contributed by atoms with van der Waals surface area (Å²) in [5, 5.41) is 4.58. The highest BCUT2D eigenvalue weighted by Crippen LogP contribution is 2.37. The first kappa shape index (κ1) is 16.9. The van der Waals surface area contributed by atoms with E-state index in [1.165, 1.54) is 19.3 Å². The summed E-state index contributed by atoms with van der Waals surface area (Å²) in [6.07, 6.45) is 6.00. The molecule has 0 aliphatic heterocycles. The van der Waals surface area contributed by atoms with Crippen molar-refractivity contribution in [2.24, 2.45) is 0 Å². The standard InChI is InChI=1S/C15H18ClN3O2.ClH/c1-20-13-8-12(17)11(16)7-10(13)15-18-14(19-21-15)9-5-3-2-4-6-9;/h7-9H,2-6,17H2,1H3;1H. The van der Waals surface area contributed by atoms with Crippen molar-refractivity contribution in [1.82, 2.24) is 10.1 Å². The number of anilines is 1. The number of nitrogens with two attached hydrogens (primary N) is 1. The van der Waals surface area contributed by atoms with Crippen molar-refractivity contribution in [3.63, 3.8) is 0 Å². The highest BCUT2D eigenvalue weighted by atomic mass is 35.5. The van der Waals surface area contributed by atoms with Crippen LogP contribution in [0.5, 0.6) is 5.75 Å². The van der Waals surface area contributed by atoms with Gasteiger partial charge in [-0.25, -0.2) is 0 Å². The molecule has 1 heterocycles. The lowest BCUT2D eigenvalue weighted by Gasteiger charge is -2.17. The van der Waals surface area contributed by atoms with Crippen LogP contribution in [0.1, 0.15) is 43.8 Å². The van der Waals surface area contributed by atoms with Gasteiger partial charge in [0.2, 0.25) is 0 Å². The molecular formula is C15H19Cl2N3O2. The van der Waals surface area contributed by atoms with Gasteiger partial charge in [-0.2, -0.15) is 4.98 Å². The number of methoxy groups -OCH3 is 1. The SMILES string of the molecule is COc1cc(N)c(Cl)cc1-c1nc(C2CCCCC2)no1.Cl. The second-order valence-corrected chi connectivity index (χ2v) is 5.77. The zero-order valence-corrected chi connectivity index (χ0v) is 13.9. The van der Waals surface area contributed by atoms with Gasteiger partial charge in [0.25, 0.3) is 5.89 Å². The van der Waals surface area contributed by atoms with Crippen molar-refractivity contribution in [3.05, 3.63) is 23.0 Å². The Kier molecular flexibility index (Phi) is 5.53. The summed E-state index contributed by atoms with van der Waals surface area (Å²) >= 11 is 6.08. The fourth-order valence-corrected chi connectivity index (χ4v) is 2.94. The first-order chi connectivity index (χ1) is 10.2. The van der Waals surface area contributed by atoms with E-state index < -0.39 is 0 Å². The van der Waals surface area contributed by atoms with Crippen molar-refractivity contribution in [2.45, 2.75) is 38.0 Å². The molecule has 1 aliphatic rings. The Bertz CT molecular complexity index is 640. The van der Waals surface area contributed by atoms with Crippen LogP contribution in [-0.4, -0.2) is 17.3 Å². The molecule has 2 aromatic rings. The molecule has 22 heavy (non-hydrogen) atoms. The maximum atomic E-state index is 6.08. The minimum atomic E-state index is 0. The number of nitrogen functional groups attached to an aromatic ring is 1. The van der Waals surface area contributed by atoms with Crippen LogP contribution in [0, 0.1) is 0 Å². The van der Waals surface area contributed by atoms with Crippen molar-refractivity contribution in [2.75, 3.05) is 12.8 Å². The predicted molar refractivity (Wildman–Crippen MR) is 88.8 cm³/mol. The minimum absolute atomic E-state index is 0. The third-order valence-corrected chi connectivity index (χ3v) is 4.29. The molecule has 0 spiro atoms. The third-order valence-electron chi connectivity index (χ3n) is 3.96. The van der Waals surface area contributed by atoms with E-state index in [-0.39, 0.29) is 12.4 Å². The minimum Gasteiger partial charge on any atom is -0.496 e. The van der Waals surface area contributed by atoms with Gasteiger partial charge in [-0.3, -0.25) is 0 Å². The summed E-state index contributed by atoms with van der Waals surface area (Å²) in [7, 11) is 1.57. The second kappa shape index (κ2) is 7.20. The van der Waals surface area contributed by atoms with E-state index in [1.807, 2.05) is 0 Å². The Morgan fingerprint density at radius 2 is 2.00 bits per heavy atom. The van der Waals surface area contributed by atoms with E-state index in [0.717, 1.165) is 18.7 Å². The molecule has 1 aliphatic carbocycles. The lowest BCUT2D eigenvalue weighted by molar-refractivity contribution is 0.382. The molecule has 1 fully saturated rings. The summed E-state index contributed by atoms with van der Waals surface area (Å²) in [4.78, 5) is 4.53.